The largest absolute Gasteiger partial charge is 0.497 e. The van der Waals surface area contributed by atoms with Gasteiger partial charge in [-0.25, -0.2) is 4.98 Å². The maximum absolute atomic E-state index is 11.1. The molecular formula is C20H23N5O3. The van der Waals surface area contributed by atoms with E-state index in [1.165, 1.54) is 22.7 Å². The van der Waals surface area contributed by atoms with Gasteiger partial charge in [0, 0.05) is 19.2 Å². The van der Waals surface area contributed by atoms with Crippen molar-refractivity contribution in [2.45, 2.75) is 25.7 Å². The molecule has 28 heavy (non-hydrogen) atoms. The molecule has 8 nitrogen and oxygen atoms in total. The number of aromatic nitrogens is 3. The summed E-state index contributed by atoms with van der Waals surface area (Å²) < 4.78 is 6.52. The van der Waals surface area contributed by atoms with Gasteiger partial charge in [0.2, 0.25) is 5.65 Å². The predicted octanol–water partition coefficient (Wildman–Crippen LogP) is 3.50. The minimum Gasteiger partial charge on any atom is -0.497 e. The van der Waals surface area contributed by atoms with Gasteiger partial charge in [0.05, 0.1) is 7.11 Å². The molecule has 0 spiro atoms. The Bertz CT molecular complexity index is 962. The average Bonchev–Trinajstić information content (AvgIpc) is 3.16. The van der Waals surface area contributed by atoms with Gasteiger partial charge >= 0.3 is 5.82 Å². The highest BCUT2D eigenvalue weighted by molar-refractivity contribution is 5.49. The average molecular weight is 381 g/mol. The van der Waals surface area contributed by atoms with Gasteiger partial charge in [0.1, 0.15) is 11.9 Å². The first-order valence-electron chi connectivity index (χ1n) is 9.51. The molecule has 0 bridgehead atoms. The summed E-state index contributed by atoms with van der Waals surface area (Å²) in [6, 6.07) is 12.0. The molecule has 0 amide bonds. The van der Waals surface area contributed by atoms with Crippen LogP contribution in [0, 0.1) is 16.0 Å². The lowest BCUT2D eigenvalue weighted by molar-refractivity contribution is -0.391. The van der Waals surface area contributed by atoms with Crippen LogP contribution in [0.1, 0.15) is 24.8 Å². The zero-order chi connectivity index (χ0) is 19.5. The molecule has 3 heterocycles. The molecule has 1 aromatic carbocycles. The van der Waals surface area contributed by atoms with E-state index in [0.717, 1.165) is 43.9 Å². The van der Waals surface area contributed by atoms with E-state index in [4.69, 9.17) is 4.74 Å². The normalized spacial score (nSPS) is 15.1. The number of rotatable bonds is 6. The van der Waals surface area contributed by atoms with Crippen molar-refractivity contribution in [1.29, 1.82) is 0 Å². The number of hydrogen-bond acceptors (Lipinski definition) is 6. The van der Waals surface area contributed by atoms with E-state index in [1.807, 2.05) is 18.2 Å². The highest BCUT2D eigenvalue weighted by Gasteiger charge is 2.23. The lowest BCUT2D eigenvalue weighted by Crippen LogP contribution is -2.34. The van der Waals surface area contributed by atoms with Crippen LogP contribution < -0.4 is 9.64 Å². The van der Waals surface area contributed by atoms with E-state index in [2.05, 4.69) is 27.1 Å². The zero-order valence-electron chi connectivity index (χ0n) is 15.8. The van der Waals surface area contributed by atoms with Crippen molar-refractivity contribution >= 4 is 17.3 Å². The molecule has 0 atom stereocenters. The third-order valence-electron chi connectivity index (χ3n) is 5.46. The van der Waals surface area contributed by atoms with Crippen LogP contribution in [-0.4, -0.2) is 39.7 Å². The Kier molecular flexibility index (Phi) is 5.10. The van der Waals surface area contributed by atoms with Crippen LogP contribution in [-0.2, 0) is 6.42 Å². The van der Waals surface area contributed by atoms with Crippen molar-refractivity contribution in [2.75, 3.05) is 25.1 Å². The van der Waals surface area contributed by atoms with Crippen LogP contribution in [0.3, 0.4) is 0 Å². The predicted molar refractivity (Wildman–Crippen MR) is 106 cm³/mol. The minimum atomic E-state index is -0.456. The van der Waals surface area contributed by atoms with E-state index in [-0.39, 0.29) is 5.82 Å². The standard InChI is InChI=1S/C20H23N5O3/c1-28-17-6-4-15(5-7-17)2-3-16-10-12-23(13-11-16)19-9-8-18-21-14-20(25(26)27)24(18)22-19/h4-9,14,16H,2-3,10-13H2,1H3. The van der Waals surface area contributed by atoms with Gasteiger partial charge < -0.3 is 19.8 Å². The number of fused-ring (bicyclic) bond motifs is 1. The Balaban J connectivity index is 1.35. The van der Waals surface area contributed by atoms with E-state index in [1.54, 1.807) is 13.2 Å². The Morgan fingerprint density at radius 3 is 2.61 bits per heavy atom. The van der Waals surface area contributed by atoms with Gasteiger partial charge in [-0.15, -0.1) is 0 Å². The number of aryl methyl sites for hydroxylation is 1. The van der Waals surface area contributed by atoms with Gasteiger partial charge in [-0.05, 0) is 60.3 Å². The van der Waals surface area contributed by atoms with Crippen molar-refractivity contribution in [3.63, 3.8) is 0 Å². The molecule has 2 aromatic heterocycles. The maximum atomic E-state index is 11.1. The third-order valence-corrected chi connectivity index (χ3v) is 5.46. The Morgan fingerprint density at radius 1 is 1.18 bits per heavy atom. The SMILES string of the molecule is COc1ccc(CCC2CCN(c3ccc4ncc([N+](=O)[O-])n4n3)CC2)cc1. The molecule has 1 fully saturated rings. The van der Waals surface area contributed by atoms with Crippen molar-refractivity contribution in [2.24, 2.45) is 5.92 Å². The van der Waals surface area contributed by atoms with Gasteiger partial charge in [-0.3, -0.25) is 0 Å². The quantitative estimate of drug-likeness (QED) is 0.480. The van der Waals surface area contributed by atoms with Crippen LogP contribution in [0.5, 0.6) is 5.75 Å². The van der Waals surface area contributed by atoms with Crippen LogP contribution in [0.15, 0.2) is 42.6 Å². The highest BCUT2D eigenvalue weighted by atomic mass is 16.6. The third kappa shape index (κ3) is 3.76. The van der Waals surface area contributed by atoms with Crippen LogP contribution in [0.25, 0.3) is 5.65 Å². The lowest BCUT2D eigenvalue weighted by atomic mass is 9.90. The summed E-state index contributed by atoms with van der Waals surface area (Å²) in [6.45, 7) is 1.82. The number of nitrogens with zero attached hydrogens (tertiary/aromatic N) is 5. The first-order valence-corrected chi connectivity index (χ1v) is 9.51. The van der Waals surface area contributed by atoms with E-state index in [0.29, 0.717) is 11.6 Å². The summed E-state index contributed by atoms with van der Waals surface area (Å²) in [4.78, 5) is 16.9. The van der Waals surface area contributed by atoms with E-state index >= 15 is 0 Å². The molecular weight excluding hydrogens is 358 g/mol. The summed E-state index contributed by atoms with van der Waals surface area (Å²) in [7, 11) is 1.68. The number of piperidine rings is 1. The first kappa shape index (κ1) is 18.2. The molecule has 1 saturated heterocycles. The molecule has 3 aromatic rings. The zero-order valence-corrected chi connectivity index (χ0v) is 15.8. The van der Waals surface area contributed by atoms with Crippen molar-refractivity contribution < 1.29 is 9.66 Å². The van der Waals surface area contributed by atoms with Crippen LogP contribution in [0.2, 0.25) is 0 Å². The van der Waals surface area contributed by atoms with Gasteiger partial charge in [0.15, 0.2) is 5.82 Å². The number of methoxy groups -OCH3 is 1. The topological polar surface area (TPSA) is 85.8 Å². The fourth-order valence-corrected chi connectivity index (χ4v) is 3.76. The molecule has 0 unspecified atom stereocenters. The molecule has 0 saturated carbocycles. The number of hydrogen-bond donors (Lipinski definition) is 0. The summed E-state index contributed by atoms with van der Waals surface area (Å²) in [5.74, 6) is 2.23. The van der Waals surface area contributed by atoms with Crippen molar-refractivity contribution in [1.82, 2.24) is 14.6 Å². The first-order chi connectivity index (χ1) is 13.6. The summed E-state index contributed by atoms with van der Waals surface area (Å²) in [6.07, 6.45) is 5.68. The Hall–Kier alpha value is -3.16. The van der Waals surface area contributed by atoms with Gasteiger partial charge in [-0.1, -0.05) is 21.7 Å². The lowest BCUT2D eigenvalue weighted by Gasteiger charge is -2.32. The molecule has 0 N–H and O–H groups in total. The number of nitro groups is 1. The summed E-state index contributed by atoms with van der Waals surface area (Å²) in [5.41, 5.74) is 1.83. The number of benzene rings is 1. The number of imidazole rings is 1. The van der Waals surface area contributed by atoms with Crippen molar-refractivity contribution in [3.8, 4) is 5.75 Å². The van der Waals surface area contributed by atoms with E-state index in [9.17, 15) is 10.1 Å². The monoisotopic (exact) mass is 381 g/mol. The summed E-state index contributed by atoms with van der Waals surface area (Å²) >= 11 is 0. The summed E-state index contributed by atoms with van der Waals surface area (Å²) in [5, 5.41) is 15.6. The fraction of sp³-hybridized carbons (Fsp3) is 0.400. The van der Waals surface area contributed by atoms with Crippen molar-refractivity contribution in [3.05, 3.63) is 58.3 Å². The fourth-order valence-electron chi connectivity index (χ4n) is 3.76. The second-order valence-electron chi connectivity index (χ2n) is 7.15. The second kappa shape index (κ2) is 7.84. The molecule has 0 radical (unpaired) electrons. The molecule has 146 valence electrons. The smallest absolute Gasteiger partial charge is 0.368 e. The minimum absolute atomic E-state index is 0.105. The molecule has 1 aliphatic rings. The molecule has 8 heteroatoms. The van der Waals surface area contributed by atoms with Gasteiger partial charge in [0.25, 0.3) is 0 Å². The van der Waals surface area contributed by atoms with E-state index < -0.39 is 4.92 Å². The van der Waals surface area contributed by atoms with Crippen LogP contribution >= 0.6 is 0 Å². The van der Waals surface area contributed by atoms with Crippen LogP contribution in [0.4, 0.5) is 11.6 Å². The second-order valence-corrected chi connectivity index (χ2v) is 7.15. The molecule has 1 aliphatic heterocycles. The molecule has 0 aliphatic carbocycles. The number of anilines is 1. The molecule has 4 rings (SSSR count). The maximum Gasteiger partial charge on any atom is 0.368 e. The van der Waals surface area contributed by atoms with Gasteiger partial charge in [-0.2, -0.15) is 0 Å². The highest BCUT2D eigenvalue weighted by Crippen LogP contribution is 2.26. The Labute approximate surface area is 162 Å². The number of ether oxygens (including phenoxy) is 1. The Morgan fingerprint density at radius 2 is 1.93 bits per heavy atom.